The highest BCUT2D eigenvalue weighted by atomic mass is 79.9. The van der Waals surface area contributed by atoms with Crippen LogP contribution in [0.2, 0.25) is 0 Å². The van der Waals surface area contributed by atoms with Crippen LogP contribution in [0.1, 0.15) is 38.2 Å². The van der Waals surface area contributed by atoms with Gasteiger partial charge in [-0.2, -0.15) is 0 Å². The number of benzene rings is 1. The van der Waals surface area contributed by atoms with E-state index in [0.717, 1.165) is 15.8 Å². The maximum absolute atomic E-state index is 10.8. The van der Waals surface area contributed by atoms with Crippen molar-refractivity contribution in [3.63, 3.8) is 0 Å². The van der Waals surface area contributed by atoms with Crippen LogP contribution in [0.4, 0.5) is 0 Å². The Balaban J connectivity index is 2.49. The van der Waals surface area contributed by atoms with Crippen molar-refractivity contribution in [2.24, 2.45) is 5.14 Å². The lowest BCUT2D eigenvalue weighted by Gasteiger charge is -2.14. The first-order valence-electron chi connectivity index (χ1n) is 6.22. The Kier molecular flexibility index (Phi) is 6.29. The Morgan fingerprint density at radius 3 is 2.58 bits per heavy atom. The van der Waals surface area contributed by atoms with E-state index in [1.807, 2.05) is 18.2 Å². The lowest BCUT2D eigenvalue weighted by molar-refractivity contribution is 0.305. The number of hydrogen-bond donors (Lipinski definition) is 1. The quantitative estimate of drug-likeness (QED) is 0.769. The van der Waals surface area contributed by atoms with E-state index in [-0.39, 0.29) is 5.75 Å². The number of halogens is 1. The summed E-state index contributed by atoms with van der Waals surface area (Å²) < 4.78 is 28.3. The molecule has 1 aromatic carbocycles. The van der Waals surface area contributed by atoms with Crippen LogP contribution < -0.4 is 9.88 Å². The molecule has 0 radical (unpaired) electrons. The minimum Gasteiger partial charge on any atom is -0.493 e. The summed E-state index contributed by atoms with van der Waals surface area (Å²) in [6.45, 7) is 4.71. The Labute approximate surface area is 123 Å². The van der Waals surface area contributed by atoms with Crippen LogP contribution >= 0.6 is 15.9 Å². The summed E-state index contributed by atoms with van der Waals surface area (Å²) in [5, 5.41) is 4.94. The molecule has 0 aromatic heterocycles. The zero-order valence-electron chi connectivity index (χ0n) is 11.2. The van der Waals surface area contributed by atoms with Crippen molar-refractivity contribution in [3.8, 4) is 5.75 Å². The minimum absolute atomic E-state index is 0.00767. The van der Waals surface area contributed by atoms with Gasteiger partial charge in [-0.25, -0.2) is 13.6 Å². The molecule has 0 unspecified atom stereocenters. The van der Waals surface area contributed by atoms with Gasteiger partial charge in [0, 0.05) is 4.47 Å². The largest absolute Gasteiger partial charge is 0.493 e. The number of nitrogens with two attached hydrogens (primary N) is 1. The van der Waals surface area contributed by atoms with Gasteiger partial charge >= 0.3 is 0 Å². The van der Waals surface area contributed by atoms with Crippen molar-refractivity contribution in [1.82, 2.24) is 0 Å². The molecule has 0 amide bonds. The number of ether oxygens (including phenoxy) is 1. The molecule has 0 atom stereocenters. The van der Waals surface area contributed by atoms with Crippen molar-refractivity contribution in [2.75, 3.05) is 12.4 Å². The molecular formula is C13H20BrNO3S. The summed E-state index contributed by atoms with van der Waals surface area (Å²) in [5.41, 5.74) is 1.14. The molecule has 2 N–H and O–H groups in total. The van der Waals surface area contributed by atoms with Gasteiger partial charge < -0.3 is 4.74 Å². The van der Waals surface area contributed by atoms with E-state index in [1.54, 1.807) is 0 Å². The third-order valence-corrected chi connectivity index (χ3v) is 4.03. The standard InChI is InChI=1S/C13H20BrNO3S/c1-10(2)12-9-11(14)5-6-13(12)18-7-3-4-8-19(15,16)17/h5-6,9-10H,3-4,7-8H2,1-2H3,(H2,15,16,17). The van der Waals surface area contributed by atoms with E-state index in [9.17, 15) is 8.42 Å². The minimum atomic E-state index is -3.36. The van der Waals surface area contributed by atoms with Crippen molar-refractivity contribution in [3.05, 3.63) is 28.2 Å². The number of hydrogen-bond acceptors (Lipinski definition) is 3. The molecule has 0 aliphatic heterocycles. The van der Waals surface area contributed by atoms with Crippen LogP contribution in [-0.2, 0) is 10.0 Å². The van der Waals surface area contributed by atoms with Gasteiger partial charge in [-0.1, -0.05) is 29.8 Å². The Bertz CT molecular complexity index is 515. The highest BCUT2D eigenvalue weighted by molar-refractivity contribution is 9.10. The molecule has 19 heavy (non-hydrogen) atoms. The second kappa shape index (κ2) is 7.26. The number of primary sulfonamides is 1. The monoisotopic (exact) mass is 349 g/mol. The van der Waals surface area contributed by atoms with Gasteiger partial charge in [0.05, 0.1) is 12.4 Å². The number of sulfonamides is 1. The van der Waals surface area contributed by atoms with Crippen LogP contribution in [-0.4, -0.2) is 20.8 Å². The SMILES string of the molecule is CC(C)c1cc(Br)ccc1OCCCCS(N)(=O)=O. The molecule has 108 valence electrons. The third kappa shape index (κ3) is 6.40. The Morgan fingerprint density at radius 2 is 2.00 bits per heavy atom. The van der Waals surface area contributed by atoms with Gasteiger partial charge in [-0.15, -0.1) is 0 Å². The summed E-state index contributed by atoms with van der Waals surface area (Å²) in [6, 6.07) is 5.91. The van der Waals surface area contributed by atoms with E-state index in [4.69, 9.17) is 9.88 Å². The van der Waals surface area contributed by atoms with Gasteiger partial charge in [0.2, 0.25) is 10.0 Å². The van der Waals surface area contributed by atoms with E-state index >= 15 is 0 Å². The van der Waals surface area contributed by atoms with E-state index < -0.39 is 10.0 Å². The fourth-order valence-corrected chi connectivity index (χ4v) is 2.67. The molecule has 4 nitrogen and oxygen atoms in total. The summed E-state index contributed by atoms with van der Waals surface area (Å²) >= 11 is 3.44. The molecule has 0 saturated carbocycles. The van der Waals surface area contributed by atoms with Crippen molar-refractivity contribution in [2.45, 2.75) is 32.6 Å². The van der Waals surface area contributed by atoms with Crippen molar-refractivity contribution >= 4 is 26.0 Å². The predicted octanol–water partition coefficient (Wildman–Crippen LogP) is 3.02. The molecule has 6 heteroatoms. The van der Waals surface area contributed by atoms with Crippen molar-refractivity contribution in [1.29, 1.82) is 0 Å². The number of unbranched alkanes of at least 4 members (excludes halogenated alkanes) is 1. The molecule has 0 bridgehead atoms. The van der Waals surface area contributed by atoms with Gasteiger partial charge in [-0.3, -0.25) is 0 Å². The molecule has 1 aromatic rings. The maximum atomic E-state index is 10.8. The molecular weight excluding hydrogens is 330 g/mol. The summed E-state index contributed by atoms with van der Waals surface area (Å²) in [4.78, 5) is 0. The summed E-state index contributed by atoms with van der Waals surface area (Å²) in [6.07, 6.45) is 1.19. The molecule has 0 heterocycles. The maximum Gasteiger partial charge on any atom is 0.209 e. The zero-order valence-corrected chi connectivity index (χ0v) is 13.6. The average Bonchev–Trinajstić information content (AvgIpc) is 2.28. The second-order valence-corrected chi connectivity index (χ2v) is 7.41. The van der Waals surface area contributed by atoms with E-state index in [0.29, 0.717) is 25.4 Å². The van der Waals surface area contributed by atoms with Crippen LogP contribution in [0.15, 0.2) is 22.7 Å². The molecule has 0 aliphatic rings. The van der Waals surface area contributed by atoms with Gasteiger partial charge in [-0.05, 0) is 42.5 Å². The van der Waals surface area contributed by atoms with Gasteiger partial charge in [0.1, 0.15) is 5.75 Å². The Hall–Kier alpha value is -0.590. The Morgan fingerprint density at radius 1 is 1.32 bits per heavy atom. The van der Waals surface area contributed by atoms with Crippen LogP contribution in [0.25, 0.3) is 0 Å². The highest BCUT2D eigenvalue weighted by Crippen LogP contribution is 2.29. The first kappa shape index (κ1) is 16.5. The number of rotatable bonds is 7. The topological polar surface area (TPSA) is 69.4 Å². The predicted molar refractivity (Wildman–Crippen MR) is 80.9 cm³/mol. The summed E-state index contributed by atoms with van der Waals surface area (Å²) in [5.74, 6) is 1.24. The third-order valence-electron chi connectivity index (χ3n) is 2.67. The second-order valence-electron chi connectivity index (χ2n) is 4.76. The first-order chi connectivity index (χ1) is 8.79. The first-order valence-corrected chi connectivity index (χ1v) is 8.73. The van der Waals surface area contributed by atoms with Crippen LogP contribution in [0.3, 0.4) is 0 Å². The molecule has 0 spiro atoms. The molecule has 0 saturated heterocycles. The molecule has 1 rings (SSSR count). The lowest BCUT2D eigenvalue weighted by Crippen LogP contribution is -2.16. The molecule has 0 aliphatic carbocycles. The van der Waals surface area contributed by atoms with Crippen LogP contribution in [0, 0.1) is 0 Å². The van der Waals surface area contributed by atoms with E-state index in [2.05, 4.69) is 29.8 Å². The highest BCUT2D eigenvalue weighted by Gasteiger charge is 2.08. The van der Waals surface area contributed by atoms with Gasteiger partial charge in [0.15, 0.2) is 0 Å². The van der Waals surface area contributed by atoms with Gasteiger partial charge in [0.25, 0.3) is 0 Å². The fourth-order valence-electron chi connectivity index (χ4n) is 1.69. The average molecular weight is 350 g/mol. The zero-order chi connectivity index (χ0) is 14.5. The fraction of sp³-hybridized carbons (Fsp3) is 0.538. The van der Waals surface area contributed by atoms with Crippen LogP contribution in [0.5, 0.6) is 5.75 Å². The van der Waals surface area contributed by atoms with E-state index in [1.165, 1.54) is 0 Å². The molecule has 0 fully saturated rings. The summed E-state index contributed by atoms with van der Waals surface area (Å²) in [7, 11) is -3.36. The van der Waals surface area contributed by atoms with Crippen molar-refractivity contribution < 1.29 is 13.2 Å². The normalized spacial score (nSPS) is 11.8. The smallest absolute Gasteiger partial charge is 0.209 e. The lowest BCUT2D eigenvalue weighted by atomic mass is 10.0.